The second-order valence-electron chi connectivity index (χ2n) is 4.85. The number of hydrogen-bond acceptors (Lipinski definition) is 4. The first-order valence-corrected chi connectivity index (χ1v) is 8.43. The molecule has 0 heterocycles. The zero-order chi connectivity index (χ0) is 16.5. The van der Waals surface area contributed by atoms with E-state index in [1.54, 1.807) is 7.05 Å². The van der Waals surface area contributed by atoms with Gasteiger partial charge < -0.3 is 20.1 Å². The standard InChI is InChI=1S/C15H29ClN2O4/c1-17-14(19)6-7-15(20)18-9-11-22-13-12-21-10-5-3-2-4-8-16/h2-13H2,1H3,(H,17,19)(H,18,20). The lowest BCUT2D eigenvalue weighted by atomic mass is 10.2. The quantitative estimate of drug-likeness (QED) is 0.350. The van der Waals surface area contributed by atoms with E-state index in [4.69, 9.17) is 21.1 Å². The first-order chi connectivity index (χ1) is 10.7. The van der Waals surface area contributed by atoms with Crippen LogP contribution in [0.1, 0.15) is 38.5 Å². The predicted molar refractivity (Wildman–Crippen MR) is 87.1 cm³/mol. The average molecular weight is 337 g/mol. The third-order valence-corrected chi connectivity index (χ3v) is 3.24. The van der Waals surface area contributed by atoms with Crippen molar-refractivity contribution in [2.24, 2.45) is 0 Å². The van der Waals surface area contributed by atoms with Crippen LogP contribution in [-0.4, -0.2) is 57.7 Å². The van der Waals surface area contributed by atoms with E-state index < -0.39 is 0 Å². The molecule has 2 amide bonds. The number of amides is 2. The van der Waals surface area contributed by atoms with Crippen molar-refractivity contribution in [1.82, 2.24) is 10.6 Å². The van der Waals surface area contributed by atoms with E-state index in [0.717, 1.165) is 38.2 Å². The average Bonchev–Trinajstić information content (AvgIpc) is 2.53. The molecule has 0 aliphatic carbocycles. The normalized spacial score (nSPS) is 10.5. The Morgan fingerprint density at radius 1 is 0.864 bits per heavy atom. The Hall–Kier alpha value is -0.850. The molecule has 0 saturated heterocycles. The number of rotatable bonds is 15. The Morgan fingerprint density at radius 2 is 1.50 bits per heavy atom. The van der Waals surface area contributed by atoms with Gasteiger partial charge in [0.15, 0.2) is 0 Å². The fourth-order valence-corrected chi connectivity index (χ4v) is 1.87. The van der Waals surface area contributed by atoms with Gasteiger partial charge in [-0.15, -0.1) is 11.6 Å². The van der Waals surface area contributed by atoms with Crippen LogP contribution in [0, 0.1) is 0 Å². The van der Waals surface area contributed by atoms with E-state index in [-0.39, 0.29) is 24.7 Å². The van der Waals surface area contributed by atoms with Gasteiger partial charge >= 0.3 is 0 Å². The first-order valence-electron chi connectivity index (χ1n) is 7.89. The molecule has 0 unspecified atom stereocenters. The van der Waals surface area contributed by atoms with Gasteiger partial charge in [0.25, 0.3) is 0 Å². The first kappa shape index (κ1) is 21.1. The third-order valence-electron chi connectivity index (χ3n) is 2.97. The fraction of sp³-hybridized carbons (Fsp3) is 0.867. The molecule has 130 valence electrons. The maximum Gasteiger partial charge on any atom is 0.220 e. The van der Waals surface area contributed by atoms with Gasteiger partial charge in [0.1, 0.15) is 0 Å². The van der Waals surface area contributed by atoms with Gasteiger partial charge in [0.2, 0.25) is 11.8 Å². The second kappa shape index (κ2) is 16.5. The zero-order valence-electron chi connectivity index (χ0n) is 13.5. The molecule has 22 heavy (non-hydrogen) atoms. The highest BCUT2D eigenvalue weighted by atomic mass is 35.5. The number of carbonyl (C=O) groups is 2. The maximum absolute atomic E-state index is 11.4. The lowest BCUT2D eigenvalue weighted by Gasteiger charge is -2.07. The lowest BCUT2D eigenvalue weighted by Crippen LogP contribution is -2.29. The van der Waals surface area contributed by atoms with Crippen LogP contribution in [0.5, 0.6) is 0 Å². The summed E-state index contributed by atoms with van der Waals surface area (Å²) in [5.41, 5.74) is 0. The molecular weight excluding hydrogens is 308 g/mol. The van der Waals surface area contributed by atoms with Crippen LogP contribution in [0.15, 0.2) is 0 Å². The highest BCUT2D eigenvalue weighted by molar-refractivity contribution is 6.17. The minimum atomic E-state index is -0.139. The molecule has 7 heteroatoms. The molecule has 0 spiro atoms. The zero-order valence-corrected chi connectivity index (χ0v) is 14.3. The molecule has 0 rings (SSSR count). The van der Waals surface area contributed by atoms with Crippen LogP contribution in [-0.2, 0) is 19.1 Å². The Balaban J connectivity index is 3.16. The van der Waals surface area contributed by atoms with Crippen LogP contribution in [0.4, 0.5) is 0 Å². The van der Waals surface area contributed by atoms with E-state index in [1.807, 2.05) is 0 Å². The van der Waals surface area contributed by atoms with Gasteiger partial charge in [-0.05, 0) is 12.8 Å². The molecule has 0 atom stereocenters. The van der Waals surface area contributed by atoms with Crippen LogP contribution in [0.25, 0.3) is 0 Å². The van der Waals surface area contributed by atoms with E-state index in [9.17, 15) is 9.59 Å². The third kappa shape index (κ3) is 15.5. The molecule has 0 radical (unpaired) electrons. The summed E-state index contributed by atoms with van der Waals surface area (Å²) in [4.78, 5) is 22.3. The summed E-state index contributed by atoms with van der Waals surface area (Å²) in [5.74, 6) is 0.462. The molecule has 2 N–H and O–H groups in total. The SMILES string of the molecule is CNC(=O)CCC(=O)NCCOCCOCCCCCCCl. The van der Waals surface area contributed by atoms with Crippen LogP contribution >= 0.6 is 11.6 Å². The topological polar surface area (TPSA) is 76.7 Å². The monoisotopic (exact) mass is 336 g/mol. The van der Waals surface area contributed by atoms with Crippen molar-refractivity contribution in [2.45, 2.75) is 38.5 Å². The maximum atomic E-state index is 11.4. The highest BCUT2D eigenvalue weighted by Crippen LogP contribution is 2.00. The van der Waals surface area contributed by atoms with Crippen molar-refractivity contribution in [3.63, 3.8) is 0 Å². The highest BCUT2D eigenvalue weighted by Gasteiger charge is 2.04. The van der Waals surface area contributed by atoms with Crippen LogP contribution in [0.3, 0.4) is 0 Å². The summed E-state index contributed by atoms with van der Waals surface area (Å²) in [6.45, 7) is 2.74. The smallest absolute Gasteiger partial charge is 0.220 e. The van der Waals surface area contributed by atoms with Crippen molar-refractivity contribution in [3.05, 3.63) is 0 Å². The fourth-order valence-electron chi connectivity index (χ4n) is 1.68. The number of carbonyl (C=O) groups excluding carboxylic acids is 2. The summed E-state index contributed by atoms with van der Waals surface area (Å²) in [6.07, 6.45) is 4.84. The molecule has 0 aliphatic heterocycles. The minimum Gasteiger partial charge on any atom is -0.379 e. The Kier molecular flexibility index (Phi) is 15.9. The summed E-state index contributed by atoms with van der Waals surface area (Å²) in [6, 6.07) is 0. The van der Waals surface area contributed by atoms with Crippen molar-refractivity contribution in [3.8, 4) is 0 Å². The minimum absolute atomic E-state index is 0.133. The molecule has 0 fully saturated rings. The van der Waals surface area contributed by atoms with E-state index in [1.165, 1.54) is 0 Å². The lowest BCUT2D eigenvalue weighted by molar-refractivity contribution is -0.126. The van der Waals surface area contributed by atoms with Gasteiger partial charge in [-0.1, -0.05) is 12.8 Å². The number of alkyl halides is 1. The van der Waals surface area contributed by atoms with Gasteiger partial charge in [0, 0.05) is 38.9 Å². The van der Waals surface area contributed by atoms with Crippen molar-refractivity contribution in [1.29, 1.82) is 0 Å². The van der Waals surface area contributed by atoms with Crippen LogP contribution < -0.4 is 10.6 Å². The molecule has 0 saturated carbocycles. The Bertz CT molecular complexity index is 291. The molecule has 0 bridgehead atoms. The van der Waals surface area contributed by atoms with E-state index in [0.29, 0.717) is 26.4 Å². The Morgan fingerprint density at radius 3 is 2.18 bits per heavy atom. The molecule has 0 aromatic heterocycles. The van der Waals surface area contributed by atoms with Gasteiger partial charge in [-0.2, -0.15) is 0 Å². The van der Waals surface area contributed by atoms with Gasteiger partial charge in [-0.3, -0.25) is 9.59 Å². The number of nitrogens with one attached hydrogen (secondary N) is 2. The van der Waals surface area contributed by atoms with Crippen molar-refractivity contribution < 1.29 is 19.1 Å². The van der Waals surface area contributed by atoms with Crippen molar-refractivity contribution in [2.75, 3.05) is 45.9 Å². The molecule has 6 nitrogen and oxygen atoms in total. The summed E-state index contributed by atoms with van der Waals surface area (Å²) >= 11 is 5.59. The van der Waals surface area contributed by atoms with Crippen molar-refractivity contribution >= 4 is 23.4 Å². The largest absolute Gasteiger partial charge is 0.379 e. The number of halogens is 1. The predicted octanol–water partition coefficient (Wildman–Crippen LogP) is 1.46. The molecule has 0 aliphatic rings. The molecule has 0 aromatic rings. The van der Waals surface area contributed by atoms with E-state index in [2.05, 4.69) is 10.6 Å². The number of ether oxygens (including phenoxy) is 2. The Labute approximate surface area is 138 Å². The summed E-state index contributed by atoms with van der Waals surface area (Å²) < 4.78 is 10.8. The summed E-state index contributed by atoms with van der Waals surface area (Å²) in [7, 11) is 1.55. The number of unbranched alkanes of at least 4 members (excludes halogenated alkanes) is 3. The summed E-state index contributed by atoms with van der Waals surface area (Å²) in [5, 5.41) is 5.17. The second-order valence-corrected chi connectivity index (χ2v) is 5.23. The number of hydrogen-bond donors (Lipinski definition) is 2. The molecule has 0 aromatic carbocycles. The van der Waals surface area contributed by atoms with E-state index >= 15 is 0 Å². The van der Waals surface area contributed by atoms with Crippen LogP contribution in [0.2, 0.25) is 0 Å². The van der Waals surface area contributed by atoms with Gasteiger partial charge in [-0.25, -0.2) is 0 Å². The van der Waals surface area contributed by atoms with Gasteiger partial charge in [0.05, 0.1) is 19.8 Å². The molecular formula is C15H29ClN2O4.